The van der Waals surface area contributed by atoms with Gasteiger partial charge in [-0.05, 0) is 44.0 Å². The van der Waals surface area contributed by atoms with Crippen LogP contribution in [0.1, 0.15) is 30.1 Å². The molecule has 1 aliphatic heterocycles. The van der Waals surface area contributed by atoms with Crippen LogP contribution in [0.25, 0.3) is 0 Å². The molecule has 0 unspecified atom stereocenters. The Bertz CT molecular complexity index is 800. The number of nitrogens with zero attached hydrogens (tertiary/aromatic N) is 2. The van der Waals surface area contributed by atoms with E-state index >= 15 is 0 Å². The summed E-state index contributed by atoms with van der Waals surface area (Å²) in [6, 6.07) is 13.8. The van der Waals surface area contributed by atoms with Crippen molar-refractivity contribution in [1.82, 2.24) is 4.90 Å². The lowest BCUT2D eigenvalue weighted by Crippen LogP contribution is -2.44. The molecule has 27 heavy (non-hydrogen) atoms. The van der Waals surface area contributed by atoms with Crippen LogP contribution >= 0.6 is 11.6 Å². The lowest BCUT2D eigenvalue weighted by Gasteiger charge is -2.34. The first-order chi connectivity index (χ1) is 13.0. The number of halogens is 2. The zero-order chi connectivity index (χ0) is 19.4. The number of anilines is 1. The van der Waals surface area contributed by atoms with Crippen LogP contribution in [0.2, 0.25) is 5.02 Å². The van der Waals surface area contributed by atoms with Crippen LogP contribution in [0, 0.1) is 11.7 Å². The Hall–Kier alpha value is -2.40. The molecule has 1 saturated heterocycles. The number of piperidine rings is 1. The van der Waals surface area contributed by atoms with Crippen LogP contribution in [0.15, 0.2) is 48.5 Å². The highest BCUT2D eigenvalue weighted by atomic mass is 35.5. The van der Waals surface area contributed by atoms with E-state index in [0.29, 0.717) is 32.5 Å². The first-order valence-corrected chi connectivity index (χ1v) is 9.50. The molecule has 1 fully saturated rings. The highest BCUT2D eigenvalue weighted by Gasteiger charge is 2.32. The third kappa shape index (κ3) is 4.14. The molecule has 6 heteroatoms. The maximum Gasteiger partial charge on any atom is 0.258 e. The Morgan fingerprint density at radius 1 is 1.11 bits per heavy atom. The number of hydrogen-bond donors (Lipinski definition) is 0. The van der Waals surface area contributed by atoms with Gasteiger partial charge < -0.3 is 9.80 Å². The van der Waals surface area contributed by atoms with Gasteiger partial charge in [0.25, 0.3) is 5.91 Å². The molecule has 1 heterocycles. The van der Waals surface area contributed by atoms with E-state index in [0.717, 1.165) is 5.69 Å². The summed E-state index contributed by atoms with van der Waals surface area (Å²) in [5, 5.41) is 0.111. The third-order valence-corrected chi connectivity index (χ3v) is 5.27. The van der Waals surface area contributed by atoms with Gasteiger partial charge in [-0.2, -0.15) is 0 Å². The Kier molecular flexibility index (Phi) is 6.11. The summed E-state index contributed by atoms with van der Waals surface area (Å²) in [6.45, 7) is 3.36. The SMILES string of the molecule is CCN(C(=O)C1CCN(C(=O)c2c(F)cccc2Cl)CC1)c1ccccc1. The zero-order valence-corrected chi connectivity index (χ0v) is 16.0. The second kappa shape index (κ2) is 8.53. The molecule has 0 atom stereocenters. The van der Waals surface area contributed by atoms with Crippen molar-refractivity contribution < 1.29 is 14.0 Å². The van der Waals surface area contributed by atoms with Gasteiger partial charge in [0.05, 0.1) is 10.6 Å². The monoisotopic (exact) mass is 388 g/mol. The Balaban J connectivity index is 1.66. The topological polar surface area (TPSA) is 40.6 Å². The van der Waals surface area contributed by atoms with Crippen LogP contribution in [0.5, 0.6) is 0 Å². The standard InChI is InChI=1S/C21H22ClFN2O2/c1-2-25(16-7-4-3-5-8-16)20(26)15-11-13-24(14-12-15)21(27)19-17(22)9-6-10-18(19)23/h3-10,15H,2,11-14H2,1H3. The number of para-hydroxylation sites is 1. The molecular weight excluding hydrogens is 367 g/mol. The van der Waals surface area contributed by atoms with E-state index in [2.05, 4.69) is 0 Å². The van der Waals surface area contributed by atoms with Crippen molar-refractivity contribution in [2.45, 2.75) is 19.8 Å². The Labute approximate surface area is 163 Å². The van der Waals surface area contributed by atoms with Crippen molar-refractivity contribution in [1.29, 1.82) is 0 Å². The van der Waals surface area contributed by atoms with Crippen LogP contribution in [0.3, 0.4) is 0 Å². The highest BCUT2D eigenvalue weighted by Crippen LogP contribution is 2.26. The quantitative estimate of drug-likeness (QED) is 0.779. The van der Waals surface area contributed by atoms with Crippen molar-refractivity contribution >= 4 is 29.1 Å². The van der Waals surface area contributed by atoms with Crippen molar-refractivity contribution in [3.8, 4) is 0 Å². The van der Waals surface area contributed by atoms with E-state index < -0.39 is 11.7 Å². The zero-order valence-electron chi connectivity index (χ0n) is 15.2. The maximum absolute atomic E-state index is 14.0. The smallest absolute Gasteiger partial charge is 0.258 e. The lowest BCUT2D eigenvalue weighted by molar-refractivity contribution is -0.123. The molecule has 0 radical (unpaired) electrons. The molecule has 2 aromatic rings. The fraction of sp³-hybridized carbons (Fsp3) is 0.333. The summed E-state index contributed by atoms with van der Waals surface area (Å²) in [5.41, 5.74) is 0.782. The number of carbonyl (C=O) groups is 2. The number of carbonyl (C=O) groups excluding carboxylic acids is 2. The minimum absolute atomic E-state index is 0.0692. The van der Waals surface area contributed by atoms with E-state index in [9.17, 15) is 14.0 Å². The molecule has 2 amide bonds. The van der Waals surface area contributed by atoms with Crippen LogP contribution < -0.4 is 4.90 Å². The fourth-order valence-corrected chi connectivity index (χ4v) is 3.73. The van der Waals surface area contributed by atoms with E-state index in [4.69, 9.17) is 11.6 Å². The summed E-state index contributed by atoms with van der Waals surface area (Å²) < 4.78 is 14.0. The fourth-order valence-electron chi connectivity index (χ4n) is 3.48. The minimum atomic E-state index is -0.619. The van der Waals surface area contributed by atoms with E-state index in [1.54, 1.807) is 9.80 Å². The molecule has 0 bridgehead atoms. The number of amides is 2. The summed E-state index contributed by atoms with van der Waals surface area (Å²) in [5.74, 6) is -1.11. The van der Waals surface area contributed by atoms with Gasteiger partial charge >= 0.3 is 0 Å². The van der Waals surface area contributed by atoms with Crippen molar-refractivity contribution in [2.75, 3.05) is 24.5 Å². The number of hydrogen-bond acceptors (Lipinski definition) is 2. The Morgan fingerprint density at radius 2 is 1.78 bits per heavy atom. The molecular formula is C21H22ClFN2O2. The average molecular weight is 389 g/mol. The number of rotatable bonds is 4. The van der Waals surface area contributed by atoms with Crippen molar-refractivity contribution in [3.05, 3.63) is 64.9 Å². The molecule has 0 spiro atoms. The van der Waals surface area contributed by atoms with Gasteiger partial charge in [-0.25, -0.2) is 4.39 Å². The summed E-state index contributed by atoms with van der Waals surface area (Å²) >= 11 is 6.00. The molecule has 0 N–H and O–H groups in total. The summed E-state index contributed by atoms with van der Waals surface area (Å²) in [6.07, 6.45) is 1.11. The molecule has 142 valence electrons. The molecule has 3 rings (SSSR count). The van der Waals surface area contributed by atoms with Gasteiger partial charge in [-0.3, -0.25) is 9.59 Å². The first-order valence-electron chi connectivity index (χ1n) is 9.12. The van der Waals surface area contributed by atoms with Crippen LogP contribution in [-0.2, 0) is 4.79 Å². The molecule has 0 aliphatic carbocycles. The van der Waals surface area contributed by atoms with Crippen molar-refractivity contribution in [3.63, 3.8) is 0 Å². The second-order valence-corrected chi connectivity index (χ2v) is 6.99. The van der Waals surface area contributed by atoms with Gasteiger partial charge in [-0.1, -0.05) is 35.9 Å². The largest absolute Gasteiger partial charge is 0.338 e. The molecule has 4 nitrogen and oxygen atoms in total. The van der Waals surface area contributed by atoms with Crippen molar-refractivity contribution in [2.24, 2.45) is 5.92 Å². The third-order valence-electron chi connectivity index (χ3n) is 4.96. The van der Waals surface area contributed by atoms with Gasteiger partial charge in [0, 0.05) is 31.2 Å². The average Bonchev–Trinajstić information content (AvgIpc) is 2.69. The maximum atomic E-state index is 14.0. The highest BCUT2D eigenvalue weighted by molar-refractivity contribution is 6.33. The first kappa shape index (κ1) is 19.4. The number of benzene rings is 2. The normalized spacial score (nSPS) is 14.9. The predicted molar refractivity (Wildman–Crippen MR) is 105 cm³/mol. The van der Waals surface area contributed by atoms with E-state index in [-0.39, 0.29) is 22.4 Å². The minimum Gasteiger partial charge on any atom is -0.338 e. The van der Waals surface area contributed by atoms with Gasteiger partial charge in [0.2, 0.25) is 5.91 Å². The Morgan fingerprint density at radius 3 is 2.37 bits per heavy atom. The number of likely N-dealkylation sites (tertiary alicyclic amines) is 1. The predicted octanol–water partition coefficient (Wildman–Crippen LogP) is 4.38. The van der Waals surface area contributed by atoms with E-state index in [1.165, 1.54) is 18.2 Å². The molecule has 0 aromatic heterocycles. The molecule has 2 aromatic carbocycles. The van der Waals surface area contributed by atoms with Gasteiger partial charge in [-0.15, -0.1) is 0 Å². The second-order valence-electron chi connectivity index (χ2n) is 6.58. The van der Waals surface area contributed by atoms with E-state index in [1.807, 2.05) is 37.3 Å². The summed E-state index contributed by atoms with van der Waals surface area (Å²) in [7, 11) is 0. The molecule has 0 saturated carbocycles. The van der Waals surface area contributed by atoms with Gasteiger partial charge in [0.1, 0.15) is 5.82 Å². The lowest BCUT2D eigenvalue weighted by atomic mass is 9.94. The van der Waals surface area contributed by atoms with Crippen LogP contribution in [-0.4, -0.2) is 36.3 Å². The van der Waals surface area contributed by atoms with Gasteiger partial charge in [0.15, 0.2) is 0 Å². The van der Waals surface area contributed by atoms with Crippen LogP contribution in [0.4, 0.5) is 10.1 Å². The summed E-state index contributed by atoms with van der Waals surface area (Å²) in [4.78, 5) is 28.9. The molecule has 1 aliphatic rings.